The van der Waals surface area contributed by atoms with Gasteiger partial charge in [-0.05, 0) is 30.7 Å². The molecule has 0 atom stereocenters. The van der Waals surface area contributed by atoms with E-state index in [1.807, 2.05) is 11.8 Å². The van der Waals surface area contributed by atoms with Crippen molar-refractivity contribution in [2.24, 2.45) is 0 Å². The summed E-state index contributed by atoms with van der Waals surface area (Å²) in [6, 6.07) is 6.34. The second kappa shape index (κ2) is 7.65. The zero-order valence-electron chi connectivity index (χ0n) is 13.8. The Morgan fingerprint density at radius 2 is 2.04 bits per heavy atom. The predicted octanol–water partition coefficient (Wildman–Crippen LogP) is 1.75. The first kappa shape index (κ1) is 18.1. The SMILES string of the molecule is Cc1ccc(S(=O)(=O)NCc2ccnc(N3CCOCC3)n2)cc1Cl. The maximum Gasteiger partial charge on any atom is 0.240 e. The first-order chi connectivity index (χ1) is 12.0. The van der Waals surface area contributed by atoms with E-state index in [0.717, 1.165) is 18.7 Å². The Morgan fingerprint density at radius 3 is 2.76 bits per heavy atom. The minimum absolute atomic E-state index is 0.0771. The van der Waals surface area contributed by atoms with Crippen molar-refractivity contribution in [1.29, 1.82) is 0 Å². The molecule has 7 nitrogen and oxygen atoms in total. The van der Waals surface area contributed by atoms with Crippen molar-refractivity contribution in [2.45, 2.75) is 18.4 Å². The first-order valence-corrected chi connectivity index (χ1v) is 9.72. The minimum atomic E-state index is -3.66. The Labute approximate surface area is 152 Å². The maximum absolute atomic E-state index is 12.4. The summed E-state index contributed by atoms with van der Waals surface area (Å²) in [6.07, 6.45) is 1.63. The maximum atomic E-state index is 12.4. The van der Waals surface area contributed by atoms with Gasteiger partial charge in [-0.25, -0.2) is 23.1 Å². The lowest BCUT2D eigenvalue weighted by atomic mass is 10.2. The highest BCUT2D eigenvalue weighted by atomic mass is 35.5. The van der Waals surface area contributed by atoms with Crippen LogP contribution in [0.5, 0.6) is 0 Å². The second-order valence-electron chi connectivity index (χ2n) is 5.68. The van der Waals surface area contributed by atoms with Crippen LogP contribution in [0.15, 0.2) is 35.4 Å². The fourth-order valence-electron chi connectivity index (χ4n) is 2.39. The van der Waals surface area contributed by atoms with Crippen molar-refractivity contribution >= 4 is 27.6 Å². The van der Waals surface area contributed by atoms with Gasteiger partial charge in [0.15, 0.2) is 0 Å². The molecule has 1 aliphatic heterocycles. The van der Waals surface area contributed by atoms with E-state index in [4.69, 9.17) is 16.3 Å². The summed E-state index contributed by atoms with van der Waals surface area (Å²) in [7, 11) is -3.66. The van der Waals surface area contributed by atoms with Crippen LogP contribution in [0.25, 0.3) is 0 Å². The number of rotatable bonds is 5. The van der Waals surface area contributed by atoms with Crippen molar-refractivity contribution in [3.05, 3.63) is 46.7 Å². The molecule has 0 spiro atoms. The van der Waals surface area contributed by atoms with Gasteiger partial charge >= 0.3 is 0 Å². The molecule has 1 aromatic heterocycles. The van der Waals surface area contributed by atoms with Crippen LogP contribution < -0.4 is 9.62 Å². The van der Waals surface area contributed by atoms with Crippen molar-refractivity contribution in [2.75, 3.05) is 31.2 Å². The van der Waals surface area contributed by atoms with E-state index in [1.165, 1.54) is 12.1 Å². The van der Waals surface area contributed by atoms with Gasteiger partial charge in [0.25, 0.3) is 0 Å². The molecule has 0 bridgehead atoms. The van der Waals surface area contributed by atoms with Gasteiger partial charge in [0, 0.05) is 24.3 Å². The van der Waals surface area contributed by atoms with E-state index in [9.17, 15) is 8.42 Å². The summed E-state index contributed by atoms with van der Waals surface area (Å²) in [5, 5.41) is 0.416. The van der Waals surface area contributed by atoms with Gasteiger partial charge in [-0.15, -0.1) is 0 Å². The summed E-state index contributed by atoms with van der Waals surface area (Å²) in [6.45, 7) is 4.60. The molecule has 0 amide bonds. The Morgan fingerprint density at radius 1 is 1.28 bits per heavy atom. The molecule has 1 N–H and O–H groups in total. The van der Waals surface area contributed by atoms with Crippen LogP contribution in [-0.4, -0.2) is 44.7 Å². The number of sulfonamides is 1. The summed E-state index contributed by atoms with van der Waals surface area (Å²) in [4.78, 5) is 10.8. The van der Waals surface area contributed by atoms with Crippen molar-refractivity contribution in [3.8, 4) is 0 Å². The molecule has 2 heterocycles. The van der Waals surface area contributed by atoms with Crippen molar-refractivity contribution < 1.29 is 13.2 Å². The second-order valence-corrected chi connectivity index (χ2v) is 7.86. The Balaban J connectivity index is 1.71. The van der Waals surface area contributed by atoms with Crippen LogP contribution in [0, 0.1) is 6.92 Å². The standard InChI is InChI=1S/C16H19ClN4O3S/c1-12-2-3-14(10-15(12)17)25(22,23)19-11-13-4-5-18-16(20-13)21-6-8-24-9-7-21/h2-5,10,19H,6-9,11H2,1H3. The number of hydrogen-bond acceptors (Lipinski definition) is 6. The predicted molar refractivity (Wildman–Crippen MR) is 95.3 cm³/mol. The Kier molecular flexibility index (Phi) is 5.53. The van der Waals surface area contributed by atoms with Gasteiger partial charge in [0.2, 0.25) is 16.0 Å². The fraction of sp³-hybridized carbons (Fsp3) is 0.375. The molecule has 1 fully saturated rings. The third-order valence-corrected chi connectivity index (χ3v) is 5.70. The number of aromatic nitrogens is 2. The molecular weight excluding hydrogens is 364 g/mol. The van der Waals surface area contributed by atoms with Gasteiger partial charge in [-0.3, -0.25) is 0 Å². The molecule has 134 valence electrons. The number of hydrogen-bond donors (Lipinski definition) is 1. The summed E-state index contributed by atoms with van der Waals surface area (Å²) < 4.78 is 32.7. The third-order valence-electron chi connectivity index (χ3n) is 3.89. The number of nitrogens with one attached hydrogen (secondary N) is 1. The smallest absolute Gasteiger partial charge is 0.240 e. The zero-order valence-corrected chi connectivity index (χ0v) is 15.3. The van der Waals surface area contributed by atoms with Crippen LogP contribution in [0.3, 0.4) is 0 Å². The van der Waals surface area contributed by atoms with E-state index in [1.54, 1.807) is 18.3 Å². The van der Waals surface area contributed by atoms with Gasteiger partial charge in [0.1, 0.15) is 0 Å². The van der Waals surface area contributed by atoms with E-state index in [0.29, 0.717) is 29.9 Å². The summed E-state index contributed by atoms with van der Waals surface area (Å²) in [5.74, 6) is 0.582. The Bertz CT molecular complexity index is 854. The number of nitrogens with zero attached hydrogens (tertiary/aromatic N) is 3. The monoisotopic (exact) mass is 382 g/mol. The molecule has 1 aromatic carbocycles. The Hall–Kier alpha value is -1.74. The molecule has 0 unspecified atom stereocenters. The third kappa shape index (κ3) is 4.46. The van der Waals surface area contributed by atoms with Crippen LogP contribution in [-0.2, 0) is 21.3 Å². The van der Waals surface area contributed by atoms with E-state index in [-0.39, 0.29) is 11.4 Å². The zero-order chi connectivity index (χ0) is 17.9. The molecule has 1 aliphatic rings. The van der Waals surface area contributed by atoms with Crippen LogP contribution >= 0.6 is 11.6 Å². The summed E-state index contributed by atoms with van der Waals surface area (Å²) >= 11 is 6.02. The topological polar surface area (TPSA) is 84.4 Å². The number of benzene rings is 1. The first-order valence-electron chi connectivity index (χ1n) is 7.86. The van der Waals surface area contributed by atoms with Crippen LogP contribution in [0.2, 0.25) is 5.02 Å². The number of morpholine rings is 1. The van der Waals surface area contributed by atoms with Crippen LogP contribution in [0.4, 0.5) is 5.95 Å². The van der Waals surface area contributed by atoms with Gasteiger partial charge in [-0.2, -0.15) is 0 Å². The lowest BCUT2D eigenvalue weighted by Gasteiger charge is -2.26. The normalized spacial score (nSPS) is 15.4. The highest BCUT2D eigenvalue weighted by Crippen LogP contribution is 2.20. The molecular formula is C16H19ClN4O3S. The molecule has 2 aromatic rings. The molecule has 25 heavy (non-hydrogen) atoms. The van der Waals surface area contributed by atoms with Gasteiger partial charge < -0.3 is 9.64 Å². The summed E-state index contributed by atoms with van der Waals surface area (Å²) in [5.41, 5.74) is 1.42. The lowest BCUT2D eigenvalue weighted by molar-refractivity contribution is 0.122. The highest BCUT2D eigenvalue weighted by Gasteiger charge is 2.17. The molecule has 0 radical (unpaired) electrons. The van der Waals surface area contributed by atoms with Crippen molar-refractivity contribution in [1.82, 2.24) is 14.7 Å². The average Bonchev–Trinajstić information content (AvgIpc) is 2.63. The molecule has 1 saturated heterocycles. The number of ether oxygens (including phenoxy) is 1. The average molecular weight is 383 g/mol. The minimum Gasteiger partial charge on any atom is -0.378 e. The largest absolute Gasteiger partial charge is 0.378 e. The van der Waals surface area contributed by atoms with Gasteiger partial charge in [0.05, 0.1) is 30.3 Å². The molecule has 3 rings (SSSR count). The van der Waals surface area contributed by atoms with Gasteiger partial charge in [-0.1, -0.05) is 17.7 Å². The number of anilines is 1. The molecule has 9 heteroatoms. The lowest BCUT2D eigenvalue weighted by Crippen LogP contribution is -2.37. The fourth-order valence-corrected chi connectivity index (χ4v) is 3.66. The molecule has 0 saturated carbocycles. The molecule has 0 aliphatic carbocycles. The van der Waals surface area contributed by atoms with Crippen LogP contribution in [0.1, 0.15) is 11.3 Å². The highest BCUT2D eigenvalue weighted by molar-refractivity contribution is 7.89. The number of halogens is 1. The number of aryl methyl sites for hydroxylation is 1. The quantitative estimate of drug-likeness (QED) is 0.848. The van der Waals surface area contributed by atoms with E-state index in [2.05, 4.69) is 14.7 Å². The van der Waals surface area contributed by atoms with Crippen molar-refractivity contribution in [3.63, 3.8) is 0 Å². The van der Waals surface area contributed by atoms with E-state index < -0.39 is 10.0 Å². The van der Waals surface area contributed by atoms with E-state index >= 15 is 0 Å².